The van der Waals surface area contributed by atoms with Crippen LogP contribution in [0.4, 0.5) is 24.8 Å². The number of methoxy groups -OCH3 is 1. The van der Waals surface area contributed by atoms with E-state index < -0.39 is 29.4 Å². The number of halogens is 3. The van der Waals surface area contributed by atoms with Gasteiger partial charge in [0.2, 0.25) is 5.95 Å². The smallest absolute Gasteiger partial charge is 0.416 e. The number of likely N-dealkylation sites (N-methyl/N-ethyl adjacent to an activating group) is 1. The summed E-state index contributed by atoms with van der Waals surface area (Å²) >= 11 is 0. The second-order valence-electron chi connectivity index (χ2n) is 9.73. The number of quaternary nitrogens is 1. The van der Waals surface area contributed by atoms with Gasteiger partial charge in [0, 0.05) is 23.6 Å². The molecule has 2 N–H and O–H groups in total. The third kappa shape index (κ3) is 5.95. The van der Waals surface area contributed by atoms with Crippen LogP contribution in [0.2, 0.25) is 0 Å². The number of esters is 1. The molecule has 3 aromatic rings. The van der Waals surface area contributed by atoms with Gasteiger partial charge in [0.05, 0.1) is 43.0 Å². The SMILES string of the molecule is CCOCC[NH+](CC)Cc1cc(C#N)ccc1[C@@H]1C(C(=O)OC)=C(C)N(c2cccc(C(F)(F)F)c2)c2n[nH]c(=O)n21. The maximum absolute atomic E-state index is 13.6. The van der Waals surface area contributed by atoms with Gasteiger partial charge in [0.25, 0.3) is 0 Å². The van der Waals surface area contributed by atoms with Crippen LogP contribution in [0, 0.1) is 11.3 Å². The van der Waals surface area contributed by atoms with Crippen molar-refractivity contribution in [1.82, 2.24) is 14.8 Å². The number of rotatable bonds is 10. The molecule has 2 aromatic carbocycles. The molecule has 0 fully saturated rings. The lowest BCUT2D eigenvalue weighted by atomic mass is 9.89. The zero-order chi connectivity index (χ0) is 30.6. The second kappa shape index (κ2) is 12.6. The second-order valence-corrected chi connectivity index (χ2v) is 9.73. The number of fused-ring (bicyclic) bond motifs is 1. The van der Waals surface area contributed by atoms with Gasteiger partial charge in [-0.15, -0.1) is 5.10 Å². The number of carbonyl (C=O) groups is 1. The summed E-state index contributed by atoms with van der Waals surface area (Å²) in [6.07, 6.45) is -4.62. The lowest BCUT2D eigenvalue weighted by Crippen LogP contribution is -3.11. The lowest BCUT2D eigenvalue weighted by molar-refractivity contribution is -0.912. The molecular weight excluding hydrogens is 553 g/mol. The van der Waals surface area contributed by atoms with E-state index in [1.807, 2.05) is 13.8 Å². The van der Waals surface area contributed by atoms with E-state index in [4.69, 9.17) is 9.47 Å². The van der Waals surface area contributed by atoms with Crippen LogP contribution in [0.15, 0.2) is 58.5 Å². The molecule has 2 heterocycles. The van der Waals surface area contributed by atoms with Crippen molar-refractivity contribution in [2.75, 3.05) is 38.3 Å². The summed E-state index contributed by atoms with van der Waals surface area (Å²) in [7, 11) is 1.19. The highest BCUT2D eigenvalue weighted by Crippen LogP contribution is 2.43. The van der Waals surface area contributed by atoms with E-state index in [2.05, 4.69) is 16.3 Å². The van der Waals surface area contributed by atoms with E-state index >= 15 is 0 Å². The Morgan fingerprint density at radius 1 is 1.21 bits per heavy atom. The number of aromatic amines is 1. The first-order valence-corrected chi connectivity index (χ1v) is 13.4. The van der Waals surface area contributed by atoms with Gasteiger partial charge >= 0.3 is 17.8 Å². The number of allylic oxidation sites excluding steroid dienone is 1. The highest BCUT2D eigenvalue weighted by molar-refractivity contribution is 5.93. The van der Waals surface area contributed by atoms with Crippen molar-refractivity contribution >= 4 is 17.6 Å². The minimum Gasteiger partial charge on any atom is -0.466 e. The zero-order valence-electron chi connectivity index (χ0n) is 23.7. The van der Waals surface area contributed by atoms with Crippen LogP contribution in [0.1, 0.15) is 49.1 Å². The maximum atomic E-state index is 13.6. The predicted octanol–water partition coefficient (Wildman–Crippen LogP) is 3.09. The molecule has 0 amide bonds. The number of nitrogens with zero attached hydrogens (tertiary/aromatic N) is 4. The maximum Gasteiger partial charge on any atom is 0.416 e. The number of aromatic nitrogens is 3. The zero-order valence-corrected chi connectivity index (χ0v) is 23.7. The van der Waals surface area contributed by atoms with Crippen molar-refractivity contribution in [2.24, 2.45) is 0 Å². The van der Waals surface area contributed by atoms with Crippen molar-refractivity contribution in [1.29, 1.82) is 5.26 Å². The van der Waals surface area contributed by atoms with Crippen LogP contribution in [-0.2, 0) is 27.0 Å². The highest BCUT2D eigenvalue weighted by Gasteiger charge is 2.41. The molecule has 0 bridgehead atoms. The van der Waals surface area contributed by atoms with Crippen molar-refractivity contribution < 1.29 is 32.3 Å². The summed E-state index contributed by atoms with van der Waals surface area (Å²) in [6.45, 7) is 8.49. The fraction of sp³-hybridized carbons (Fsp3) is 0.379. The van der Waals surface area contributed by atoms with Gasteiger partial charge in [-0.1, -0.05) is 12.1 Å². The van der Waals surface area contributed by atoms with Crippen LogP contribution >= 0.6 is 0 Å². The number of H-pyrrole nitrogens is 1. The first kappa shape index (κ1) is 30.5. The van der Waals surface area contributed by atoms with E-state index in [9.17, 15) is 28.0 Å². The summed E-state index contributed by atoms with van der Waals surface area (Å²) in [4.78, 5) is 29.1. The Bertz CT molecular complexity index is 1590. The fourth-order valence-corrected chi connectivity index (χ4v) is 5.19. The molecule has 10 nitrogen and oxygen atoms in total. The molecule has 4 rings (SSSR count). The Labute approximate surface area is 240 Å². The Morgan fingerprint density at radius 2 is 1.98 bits per heavy atom. The van der Waals surface area contributed by atoms with Crippen molar-refractivity contribution in [3.8, 4) is 6.07 Å². The normalized spacial score (nSPS) is 15.8. The highest BCUT2D eigenvalue weighted by atomic mass is 19.4. The summed E-state index contributed by atoms with van der Waals surface area (Å²) in [5.41, 5.74) is 0.441. The van der Waals surface area contributed by atoms with Crippen LogP contribution in [0.3, 0.4) is 0 Å². The number of benzene rings is 2. The quantitative estimate of drug-likeness (QED) is 0.277. The van der Waals surface area contributed by atoms with Crippen LogP contribution in [-0.4, -0.2) is 54.1 Å². The third-order valence-electron chi connectivity index (χ3n) is 7.29. The Balaban J connectivity index is 1.94. The van der Waals surface area contributed by atoms with E-state index in [0.29, 0.717) is 43.0 Å². The van der Waals surface area contributed by atoms with Gasteiger partial charge in [0.15, 0.2) is 0 Å². The van der Waals surface area contributed by atoms with Crippen molar-refractivity contribution in [3.63, 3.8) is 0 Å². The fourth-order valence-electron chi connectivity index (χ4n) is 5.19. The number of anilines is 2. The summed E-state index contributed by atoms with van der Waals surface area (Å²) in [6, 6.07) is 10.7. The average Bonchev–Trinajstić information content (AvgIpc) is 3.35. The van der Waals surface area contributed by atoms with Gasteiger partial charge in [-0.3, -0.25) is 4.90 Å². The van der Waals surface area contributed by atoms with Crippen LogP contribution < -0.4 is 15.5 Å². The molecule has 0 saturated carbocycles. The van der Waals surface area contributed by atoms with E-state index in [0.717, 1.165) is 23.6 Å². The first-order chi connectivity index (χ1) is 20.0. The molecular formula is C29H32F3N6O4+. The van der Waals surface area contributed by atoms with Gasteiger partial charge < -0.3 is 14.4 Å². The molecule has 222 valence electrons. The van der Waals surface area contributed by atoms with E-state index in [-0.39, 0.29) is 22.9 Å². The number of alkyl halides is 3. The van der Waals surface area contributed by atoms with E-state index in [1.165, 1.54) is 28.7 Å². The van der Waals surface area contributed by atoms with E-state index in [1.54, 1.807) is 25.1 Å². The number of hydrogen-bond donors (Lipinski definition) is 2. The van der Waals surface area contributed by atoms with Gasteiger partial charge in [-0.05, 0) is 56.7 Å². The number of ether oxygens (including phenoxy) is 2. The number of hydrogen-bond acceptors (Lipinski definition) is 7. The molecule has 13 heteroatoms. The van der Waals surface area contributed by atoms with Gasteiger partial charge in [0.1, 0.15) is 19.1 Å². The molecule has 0 radical (unpaired) electrons. The monoisotopic (exact) mass is 585 g/mol. The van der Waals surface area contributed by atoms with Gasteiger partial charge in [-0.25, -0.2) is 19.3 Å². The minimum absolute atomic E-state index is 0.000766. The molecule has 0 spiro atoms. The third-order valence-corrected chi connectivity index (χ3v) is 7.29. The minimum atomic E-state index is -4.62. The topological polar surface area (TPSA) is 118 Å². The summed E-state index contributed by atoms with van der Waals surface area (Å²) < 4.78 is 52.7. The number of nitrogens with one attached hydrogen (secondary N) is 2. The van der Waals surface area contributed by atoms with Crippen molar-refractivity contribution in [2.45, 2.75) is 39.5 Å². The molecule has 2 atom stereocenters. The Kier molecular flexibility index (Phi) is 9.18. The molecule has 42 heavy (non-hydrogen) atoms. The van der Waals surface area contributed by atoms with Crippen LogP contribution in [0.5, 0.6) is 0 Å². The summed E-state index contributed by atoms with van der Waals surface area (Å²) in [5.74, 6) is -0.764. The molecule has 1 aliphatic heterocycles. The predicted molar refractivity (Wildman–Crippen MR) is 147 cm³/mol. The summed E-state index contributed by atoms with van der Waals surface area (Å²) in [5, 5.41) is 16.2. The van der Waals surface area contributed by atoms with Crippen molar-refractivity contribution in [3.05, 3.63) is 86.5 Å². The van der Waals surface area contributed by atoms with Crippen LogP contribution in [0.25, 0.3) is 0 Å². The largest absolute Gasteiger partial charge is 0.466 e. The molecule has 0 aliphatic carbocycles. The lowest BCUT2D eigenvalue weighted by Gasteiger charge is -2.36. The standard InChI is InChI=1S/C29H31F3N6O4/c1-5-36(12-13-42-6-2)17-20-14-19(16-33)10-11-23(20)25-24(26(39)41-4)18(3)37(27-34-35-28(40)38(25)27)22-9-7-8-21(15-22)29(30,31)32/h7-11,14-15,25H,5-6,12-13,17H2,1-4H3,(H,35,40)/p+1/t25-/m1/s1. The Hall–Kier alpha value is -4.41. The Morgan fingerprint density at radius 3 is 2.62 bits per heavy atom. The first-order valence-electron chi connectivity index (χ1n) is 13.4. The molecule has 1 unspecified atom stereocenters. The molecule has 0 saturated heterocycles. The molecule has 1 aromatic heterocycles. The number of nitriles is 1. The average molecular weight is 586 g/mol. The molecule has 1 aliphatic rings. The number of carbonyl (C=O) groups excluding carboxylic acids is 1. The van der Waals surface area contributed by atoms with Gasteiger partial charge in [-0.2, -0.15) is 18.4 Å².